The number of hydrogen-bond donors (Lipinski definition) is 4. The zero-order chi connectivity index (χ0) is 16.8. The Balaban J connectivity index is 2.62. The standard InChI is InChI=1S/C10H13N5O6S/c11-14-10(17)5-12-9(16)6-13-22(20,21)8-3-1-7(2-4-8)15(18)19/h1-4,13H,5-6,11H2,(H,12,16)(H,14,17). The second-order valence-electron chi connectivity index (χ2n) is 3.92. The molecule has 0 heterocycles. The van der Waals surface area contributed by atoms with E-state index in [1.807, 2.05) is 4.72 Å². The van der Waals surface area contributed by atoms with Crippen LogP contribution in [-0.2, 0) is 19.6 Å². The van der Waals surface area contributed by atoms with Crippen LogP contribution >= 0.6 is 0 Å². The number of hydrogen-bond acceptors (Lipinski definition) is 7. The smallest absolute Gasteiger partial charge is 0.269 e. The molecule has 0 aliphatic carbocycles. The van der Waals surface area contributed by atoms with E-state index in [9.17, 15) is 28.1 Å². The van der Waals surface area contributed by atoms with E-state index in [1.54, 1.807) is 5.43 Å². The number of hydrazine groups is 1. The quantitative estimate of drug-likeness (QED) is 0.193. The lowest BCUT2D eigenvalue weighted by molar-refractivity contribution is -0.384. The Kier molecular flexibility index (Phi) is 5.91. The van der Waals surface area contributed by atoms with Crippen molar-refractivity contribution in [2.24, 2.45) is 5.84 Å². The van der Waals surface area contributed by atoms with Gasteiger partial charge in [0.1, 0.15) is 0 Å². The van der Waals surface area contributed by atoms with E-state index in [1.165, 1.54) is 0 Å². The Hall–Kier alpha value is -2.57. The van der Waals surface area contributed by atoms with Gasteiger partial charge in [0.15, 0.2) is 0 Å². The van der Waals surface area contributed by atoms with Crippen molar-refractivity contribution in [1.29, 1.82) is 0 Å². The van der Waals surface area contributed by atoms with Gasteiger partial charge >= 0.3 is 0 Å². The SMILES string of the molecule is NNC(=O)CNC(=O)CNS(=O)(=O)c1ccc([N+](=O)[O-])cc1. The predicted molar refractivity (Wildman–Crippen MR) is 73.6 cm³/mol. The first-order chi connectivity index (χ1) is 10.3. The van der Waals surface area contributed by atoms with Crippen LogP contribution in [0.2, 0.25) is 0 Å². The first-order valence-corrected chi connectivity index (χ1v) is 7.25. The third-order valence-electron chi connectivity index (χ3n) is 2.39. The van der Waals surface area contributed by atoms with Crippen LogP contribution in [0, 0.1) is 10.1 Å². The zero-order valence-corrected chi connectivity index (χ0v) is 11.9. The minimum absolute atomic E-state index is 0.231. The molecule has 0 atom stereocenters. The topological polar surface area (TPSA) is 174 Å². The van der Waals surface area contributed by atoms with Gasteiger partial charge in [-0.2, -0.15) is 0 Å². The molecule has 2 amide bonds. The van der Waals surface area contributed by atoms with Crippen LogP contribution in [0.3, 0.4) is 0 Å². The lowest BCUT2D eigenvalue weighted by Crippen LogP contribution is -2.43. The molecular formula is C10H13N5O6S. The highest BCUT2D eigenvalue weighted by atomic mass is 32.2. The highest BCUT2D eigenvalue weighted by molar-refractivity contribution is 7.89. The highest BCUT2D eigenvalue weighted by Gasteiger charge is 2.17. The third kappa shape index (κ3) is 5.08. The van der Waals surface area contributed by atoms with Gasteiger partial charge < -0.3 is 5.32 Å². The second kappa shape index (κ2) is 7.44. The summed E-state index contributed by atoms with van der Waals surface area (Å²) in [5, 5.41) is 12.6. The van der Waals surface area contributed by atoms with E-state index in [-0.39, 0.29) is 10.6 Å². The molecule has 0 radical (unpaired) electrons. The predicted octanol–water partition coefficient (Wildman–Crippen LogP) is -2.02. The summed E-state index contributed by atoms with van der Waals surface area (Å²) >= 11 is 0. The van der Waals surface area contributed by atoms with Gasteiger partial charge in [-0.1, -0.05) is 0 Å². The molecule has 0 spiro atoms. The van der Waals surface area contributed by atoms with Crippen molar-refractivity contribution in [2.75, 3.05) is 13.1 Å². The monoisotopic (exact) mass is 331 g/mol. The molecule has 1 rings (SSSR count). The van der Waals surface area contributed by atoms with Gasteiger partial charge in [0.25, 0.3) is 11.6 Å². The van der Waals surface area contributed by atoms with Crippen molar-refractivity contribution < 1.29 is 22.9 Å². The minimum atomic E-state index is -4.00. The molecule has 0 aliphatic rings. The summed E-state index contributed by atoms with van der Waals surface area (Å²) in [4.78, 5) is 31.7. The number of carbonyl (C=O) groups is 2. The van der Waals surface area contributed by atoms with E-state index in [4.69, 9.17) is 5.84 Å². The Labute approximate surface area is 125 Å². The molecule has 12 heteroatoms. The summed E-state index contributed by atoms with van der Waals surface area (Å²) in [5.74, 6) is 3.41. The number of nitro benzene ring substituents is 1. The third-order valence-corrected chi connectivity index (χ3v) is 3.80. The molecule has 120 valence electrons. The molecule has 0 unspecified atom stereocenters. The van der Waals surface area contributed by atoms with Crippen LogP contribution in [0.4, 0.5) is 5.69 Å². The lowest BCUT2D eigenvalue weighted by Gasteiger charge is -2.07. The van der Waals surface area contributed by atoms with Gasteiger partial charge in [0.05, 0.1) is 22.9 Å². The number of nitrogens with two attached hydrogens (primary N) is 1. The maximum atomic E-state index is 11.9. The second-order valence-corrected chi connectivity index (χ2v) is 5.69. The minimum Gasteiger partial charge on any atom is -0.346 e. The normalized spacial score (nSPS) is 10.8. The molecule has 0 saturated carbocycles. The fourth-order valence-electron chi connectivity index (χ4n) is 1.28. The Bertz CT molecular complexity index is 672. The van der Waals surface area contributed by atoms with E-state index in [0.717, 1.165) is 24.3 Å². The zero-order valence-electron chi connectivity index (χ0n) is 11.1. The molecule has 0 aliphatic heterocycles. The van der Waals surface area contributed by atoms with Gasteiger partial charge in [-0.3, -0.25) is 25.1 Å². The first kappa shape index (κ1) is 17.5. The maximum absolute atomic E-state index is 11.9. The van der Waals surface area contributed by atoms with Crippen LogP contribution in [-0.4, -0.2) is 38.2 Å². The Morgan fingerprint density at radius 2 is 1.73 bits per heavy atom. The van der Waals surface area contributed by atoms with Gasteiger partial charge in [-0.25, -0.2) is 19.0 Å². The summed E-state index contributed by atoms with van der Waals surface area (Å²) < 4.78 is 25.7. The largest absolute Gasteiger partial charge is 0.346 e. The maximum Gasteiger partial charge on any atom is 0.269 e. The average molecular weight is 331 g/mol. The molecule has 1 aromatic carbocycles. The summed E-state index contributed by atoms with van der Waals surface area (Å²) in [6.45, 7) is -0.994. The van der Waals surface area contributed by atoms with Crippen molar-refractivity contribution in [3.05, 3.63) is 34.4 Å². The average Bonchev–Trinajstić information content (AvgIpc) is 2.50. The van der Waals surface area contributed by atoms with Gasteiger partial charge in [-0.15, -0.1) is 0 Å². The summed E-state index contributed by atoms with van der Waals surface area (Å²) in [7, 11) is -4.00. The highest BCUT2D eigenvalue weighted by Crippen LogP contribution is 2.15. The van der Waals surface area contributed by atoms with E-state index in [2.05, 4.69) is 5.32 Å². The van der Waals surface area contributed by atoms with Crippen LogP contribution in [0.15, 0.2) is 29.2 Å². The Morgan fingerprint density at radius 1 is 1.14 bits per heavy atom. The van der Waals surface area contributed by atoms with Gasteiger partial charge in [0, 0.05) is 12.1 Å². The number of carbonyl (C=O) groups excluding carboxylic acids is 2. The summed E-state index contributed by atoms with van der Waals surface area (Å²) in [6, 6.07) is 4.14. The summed E-state index contributed by atoms with van der Waals surface area (Å²) in [6.07, 6.45) is 0. The van der Waals surface area contributed by atoms with Crippen LogP contribution in [0.25, 0.3) is 0 Å². The fourth-order valence-corrected chi connectivity index (χ4v) is 2.27. The molecule has 11 nitrogen and oxygen atoms in total. The molecule has 1 aromatic rings. The van der Waals surface area contributed by atoms with Crippen molar-refractivity contribution in [3.8, 4) is 0 Å². The molecule has 0 fully saturated rings. The molecule has 5 N–H and O–H groups in total. The van der Waals surface area contributed by atoms with Gasteiger partial charge in [-0.05, 0) is 12.1 Å². The van der Waals surface area contributed by atoms with Crippen molar-refractivity contribution in [2.45, 2.75) is 4.90 Å². The number of nitrogens with one attached hydrogen (secondary N) is 3. The number of rotatable bonds is 7. The molecule has 22 heavy (non-hydrogen) atoms. The fraction of sp³-hybridized carbons (Fsp3) is 0.200. The van der Waals surface area contributed by atoms with E-state index < -0.39 is 39.9 Å². The van der Waals surface area contributed by atoms with Crippen LogP contribution < -0.4 is 21.3 Å². The van der Waals surface area contributed by atoms with Gasteiger partial charge in [0.2, 0.25) is 15.9 Å². The molecule has 0 saturated heterocycles. The Morgan fingerprint density at radius 3 is 2.23 bits per heavy atom. The molecular weight excluding hydrogens is 318 g/mol. The molecule has 0 bridgehead atoms. The number of amides is 2. The van der Waals surface area contributed by atoms with Crippen molar-refractivity contribution in [3.63, 3.8) is 0 Å². The molecule has 0 aromatic heterocycles. The lowest BCUT2D eigenvalue weighted by atomic mass is 10.3. The number of non-ortho nitro benzene ring substituents is 1. The van der Waals surface area contributed by atoms with E-state index in [0.29, 0.717) is 0 Å². The number of nitrogens with zero attached hydrogens (tertiary/aromatic N) is 1. The number of benzene rings is 1. The number of sulfonamides is 1. The number of nitro groups is 1. The van der Waals surface area contributed by atoms with E-state index >= 15 is 0 Å². The van der Waals surface area contributed by atoms with Crippen LogP contribution in [0.1, 0.15) is 0 Å². The first-order valence-electron chi connectivity index (χ1n) is 5.76. The summed E-state index contributed by atoms with van der Waals surface area (Å²) in [5.41, 5.74) is 1.53. The van der Waals surface area contributed by atoms with Crippen molar-refractivity contribution in [1.82, 2.24) is 15.5 Å². The van der Waals surface area contributed by atoms with Crippen molar-refractivity contribution >= 4 is 27.5 Å². The van der Waals surface area contributed by atoms with Crippen LogP contribution in [0.5, 0.6) is 0 Å².